The van der Waals surface area contributed by atoms with Crippen LogP contribution in [0.5, 0.6) is 0 Å². The number of carbonyl (C=O) groups is 1. The van der Waals surface area contributed by atoms with E-state index in [4.69, 9.17) is 16.3 Å². The van der Waals surface area contributed by atoms with Gasteiger partial charge < -0.3 is 15.0 Å². The first-order chi connectivity index (χ1) is 20.1. The second-order valence-electron chi connectivity index (χ2n) is 11.0. The lowest BCUT2D eigenvalue weighted by Gasteiger charge is -2.34. The van der Waals surface area contributed by atoms with E-state index in [1.54, 1.807) is 26.8 Å². The first-order valence-corrected chi connectivity index (χ1v) is 15.1. The summed E-state index contributed by atoms with van der Waals surface area (Å²) in [6, 6.07) is 9.80. The summed E-state index contributed by atoms with van der Waals surface area (Å²) in [6.07, 6.45) is -2.41. The number of hydrogen-bond acceptors (Lipinski definition) is 8. The van der Waals surface area contributed by atoms with E-state index in [0.717, 1.165) is 10.2 Å². The summed E-state index contributed by atoms with van der Waals surface area (Å²) in [6.45, 7) is 5.97. The van der Waals surface area contributed by atoms with Gasteiger partial charge in [-0.05, 0) is 57.9 Å². The van der Waals surface area contributed by atoms with Crippen LogP contribution in [0.4, 0.5) is 23.9 Å². The second-order valence-corrected chi connectivity index (χ2v) is 13.2. The Morgan fingerprint density at radius 2 is 1.81 bits per heavy atom. The molecule has 0 radical (unpaired) electrons. The van der Waals surface area contributed by atoms with Crippen molar-refractivity contribution in [3.8, 4) is 11.3 Å². The Morgan fingerprint density at radius 3 is 2.49 bits per heavy atom. The van der Waals surface area contributed by atoms with E-state index in [2.05, 4.69) is 20.3 Å². The van der Waals surface area contributed by atoms with Gasteiger partial charge in [-0.3, -0.25) is 0 Å². The van der Waals surface area contributed by atoms with Gasteiger partial charge in [-0.15, -0.1) is 0 Å². The van der Waals surface area contributed by atoms with Gasteiger partial charge in [-0.25, -0.2) is 32.1 Å². The van der Waals surface area contributed by atoms with Crippen molar-refractivity contribution in [3.05, 3.63) is 65.6 Å². The molecule has 4 heterocycles. The number of nitrogens with one attached hydrogen (secondary N) is 1. The smallest absolute Gasteiger partial charge is 0.419 e. The molecule has 0 unspecified atom stereocenters. The molecular formula is C28H28ClF3N6O4S. The molecule has 0 aliphatic carbocycles. The predicted molar refractivity (Wildman–Crippen MR) is 154 cm³/mol. The Balaban J connectivity index is 1.57. The molecule has 1 aliphatic heterocycles. The van der Waals surface area contributed by atoms with Crippen LogP contribution in [0, 0.1) is 0 Å². The summed E-state index contributed by atoms with van der Waals surface area (Å²) >= 11 is 6.08. The molecule has 1 N–H and O–H groups in total. The fourth-order valence-electron chi connectivity index (χ4n) is 4.76. The lowest BCUT2D eigenvalue weighted by Crippen LogP contribution is -2.47. The number of amides is 1. The van der Waals surface area contributed by atoms with Gasteiger partial charge in [-0.2, -0.15) is 13.2 Å². The molecule has 228 valence electrons. The van der Waals surface area contributed by atoms with Crippen LogP contribution in [0.1, 0.15) is 39.2 Å². The van der Waals surface area contributed by atoms with Gasteiger partial charge in [0.1, 0.15) is 16.3 Å². The highest BCUT2D eigenvalue weighted by atomic mass is 35.5. The molecule has 15 heteroatoms. The van der Waals surface area contributed by atoms with Crippen molar-refractivity contribution in [2.24, 2.45) is 0 Å². The van der Waals surface area contributed by atoms with Crippen molar-refractivity contribution in [1.82, 2.24) is 23.8 Å². The van der Waals surface area contributed by atoms with Gasteiger partial charge in [-0.1, -0.05) is 29.8 Å². The highest BCUT2D eigenvalue weighted by Gasteiger charge is 2.37. The van der Waals surface area contributed by atoms with Crippen LogP contribution in [0.25, 0.3) is 22.3 Å². The number of pyridine rings is 1. The molecule has 1 fully saturated rings. The van der Waals surface area contributed by atoms with E-state index >= 15 is 0 Å². The monoisotopic (exact) mass is 636 g/mol. The summed E-state index contributed by atoms with van der Waals surface area (Å²) in [5, 5.41) is 3.08. The Labute approximate surface area is 250 Å². The Hall–Kier alpha value is -3.91. The number of piperidine rings is 1. The first-order valence-electron chi connectivity index (χ1n) is 13.3. The Morgan fingerprint density at radius 1 is 1.09 bits per heavy atom. The first kappa shape index (κ1) is 30.5. The van der Waals surface area contributed by atoms with Crippen molar-refractivity contribution in [3.63, 3.8) is 0 Å². The highest BCUT2D eigenvalue weighted by Crippen LogP contribution is 2.40. The maximum atomic E-state index is 14.2. The summed E-state index contributed by atoms with van der Waals surface area (Å²) in [5.41, 5.74) is -2.68. The fourth-order valence-corrected chi connectivity index (χ4v) is 6.25. The quantitative estimate of drug-likeness (QED) is 0.257. The molecule has 3 aromatic heterocycles. The van der Waals surface area contributed by atoms with E-state index in [-0.39, 0.29) is 45.2 Å². The minimum Gasteiger partial charge on any atom is -0.444 e. The third-order valence-electron chi connectivity index (χ3n) is 6.64. The minimum absolute atomic E-state index is 0.0467. The van der Waals surface area contributed by atoms with Crippen LogP contribution in [-0.4, -0.2) is 63.1 Å². The molecule has 1 amide bonds. The largest absolute Gasteiger partial charge is 0.444 e. The number of rotatable bonds is 5. The Kier molecular flexibility index (Phi) is 8.03. The zero-order valence-corrected chi connectivity index (χ0v) is 25.0. The summed E-state index contributed by atoms with van der Waals surface area (Å²) in [4.78, 5) is 26.3. The number of alkyl halides is 3. The number of likely N-dealkylation sites (tertiary alicyclic amines) is 1. The fraction of sp³-hybridized carbons (Fsp3) is 0.357. The highest BCUT2D eigenvalue weighted by molar-refractivity contribution is 7.90. The average molecular weight is 637 g/mol. The molecule has 1 aromatic carbocycles. The lowest BCUT2D eigenvalue weighted by atomic mass is 10.1. The average Bonchev–Trinajstić information content (AvgIpc) is 3.31. The SMILES string of the molecule is CC(C)(C)OC(=O)N1CCC[C@H](Nc2ncc(C(F)(F)F)c(-c3cn(S(=O)(=O)c4ccccc4)c4nc(Cl)ccc34)n2)C1. The molecule has 0 bridgehead atoms. The molecule has 1 atom stereocenters. The van der Waals surface area contributed by atoms with Gasteiger partial charge >= 0.3 is 12.3 Å². The molecule has 1 saturated heterocycles. The molecule has 10 nitrogen and oxygen atoms in total. The van der Waals surface area contributed by atoms with E-state index in [1.807, 2.05) is 0 Å². The molecule has 0 spiro atoms. The molecule has 43 heavy (non-hydrogen) atoms. The number of anilines is 1. The number of aromatic nitrogens is 4. The normalized spacial score (nSPS) is 16.3. The van der Waals surface area contributed by atoms with Crippen LogP contribution < -0.4 is 5.32 Å². The van der Waals surface area contributed by atoms with Gasteiger partial charge in [0, 0.05) is 42.5 Å². The molecular weight excluding hydrogens is 609 g/mol. The summed E-state index contributed by atoms with van der Waals surface area (Å²) in [5.74, 6) is -0.118. The number of hydrogen-bond donors (Lipinski definition) is 1. The maximum Gasteiger partial charge on any atom is 0.419 e. The summed E-state index contributed by atoms with van der Waals surface area (Å²) < 4.78 is 76.1. The van der Waals surface area contributed by atoms with Crippen molar-refractivity contribution in [2.75, 3.05) is 18.4 Å². The minimum atomic E-state index is -4.86. The van der Waals surface area contributed by atoms with Gasteiger partial charge in [0.2, 0.25) is 5.95 Å². The molecule has 0 saturated carbocycles. The van der Waals surface area contributed by atoms with E-state index in [9.17, 15) is 26.4 Å². The van der Waals surface area contributed by atoms with E-state index in [1.165, 1.54) is 41.3 Å². The topological polar surface area (TPSA) is 119 Å². The molecule has 4 aromatic rings. The van der Waals surface area contributed by atoms with Crippen LogP contribution in [-0.2, 0) is 20.9 Å². The van der Waals surface area contributed by atoms with Crippen LogP contribution in [0.15, 0.2) is 59.8 Å². The van der Waals surface area contributed by atoms with Gasteiger partial charge in [0.25, 0.3) is 10.0 Å². The van der Waals surface area contributed by atoms with Crippen molar-refractivity contribution in [2.45, 2.75) is 56.3 Å². The standard InChI is InChI=1S/C28H28ClF3N6O4S/c1-27(2,3)42-26(39)37-13-7-8-17(15-37)34-25-33-14-21(28(30,31)32)23(36-25)20-16-38(24-19(20)11-12-22(29)35-24)43(40,41)18-9-5-4-6-10-18/h4-6,9-12,14,16-17H,7-8,13,15H2,1-3H3,(H,33,34,36)/t17-/m0/s1. The molecule has 5 rings (SSSR count). The zero-order chi connectivity index (χ0) is 31.2. The third kappa shape index (κ3) is 6.54. The number of nitrogens with zero attached hydrogens (tertiary/aromatic N) is 5. The van der Waals surface area contributed by atoms with Crippen LogP contribution >= 0.6 is 11.6 Å². The van der Waals surface area contributed by atoms with Crippen LogP contribution in [0.3, 0.4) is 0 Å². The van der Waals surface area contributed by atoms with Crippen molar-refractivity contribution in [1.29, 1.82) is 0 Å². The lowest BCUT2D eigenvalue weighted by molar-refractivity contribution is -0.137. The number of fused-ring (bicyclic) bond motifs is 1. The summed E-state index contributed by atoms with van der Waals surface area (Å²) in [7, 11) is -4.27. The zero-order valence-electron chi connectivity index (χ0n) is 23.4. The second kappa shape index (κ2) is 11.3. The van der Waals surface area contributed by atoms with Crippen molar-refractivity contribution < 1.29 is 31.1 Å². The van der Waals surface area contributed by atoms with E-state index < -0.39 is 39.2 Å². The number of ether oxygens (including phenoxy) is 1. The predicted octanol–water partition coefficient (Wildman–Crippen LogP) is 6.21. The number of carbonyl (C=O) groups excluding carboxylic acids is 1. The maximum absolute atomic E-state index is 14.2. The van der Waals surface area contributed by atoms with Crippen LogP contribution in [0.2, 0.25) is 5.15 Å². The van der Waals surface area contributed by atoms with E-state index in [0.29, 0.717) is 25.6 Å². The Bertz CT molecular complexity index is 1780. The third-order valence-corrected chi connectivity index (χ3v) is 8.52. The van der Waals surface area contributed by atoms with Gasteiger partial charge in [0.05, 0.1) is 10.6 Å². The number of halogens is 4. The molecule has 1 aliphatic rings. The number of benzene rings is 1. The van der Waals surface area contributed by atoms with Gasteiger partial charge in [0.15, 0.2) is 5.65 Å². The van der Waals surface area contributed by atoms with Crippen molar-refractivity contribution >= 4 is 44.7 Å².